The van der Waals surface area contributed by atoms with Crippen molar-refractivity contribution in [3.63, 3.8) is 0 Å². The third-order valence-corrected chi connectivity index (χ3v) is 1.63. The topological polar surface area (TPSA) is 46.4 Å². The molecule has 0 bridgehead atoms. The van der Waals surface area contributed by atoms with Crippen LogP contribution in [0.2, 0.25) is 0 Å². The summed E-state index contributed by atoms with van der Waals surface area (Å²) in [6.07, 6.45) is 1.19. The molecule has 0 aromatic rings. The number of rotatable bonds is 3. The van der Waals surface area contributed by atoms with Gasteiger partial charge in [-0.05, 0) is 13.0 Å². The highest BCUT2D eigenvalue weighted by Crippen LogP contribution is 2.18. The van der Waals surface area contributed by atoms with E-state index in [-0.39, 0.29) is 17.9 Å². The lowest BCUT2D eigenvalue weighted by Crippen LogP contribution is -2.19. The Hall–Kier alpha value is -1.32. The van der Waals surface area contributed by atoms with Crippen LogP contribution in [0.1, 0.15) is 6.92 Å². The fraction of sp³-hybridized carbons (Fsp3) is 0.500. The van der Waals surface area contributed by atoms with E-state index in [1.54, 1.807) is 6.92 Å². The van der Waals surface area contributed by atoms with Crippen LogP contribution >= 0.6 is 0 Å². The average Bonchev–Trinajstić information content (AvgIpc) is 2.82. The van der Waals surface area contributed by atoms with Crippen LogP contribution in [-0.2, 0) is 14.3 Å². The normalized spacial score (nSPS) is 20.1. The van der Waals surface area contributed by atoms with E-state index in [0.29, 0.717) is 13.2 Å². The van der Waals surface area contributed by atoms with Gasteiger partial charge in [0.25, 0.3) is 0 Å². The first-order valence-electron chi connectivity index (χ1n) is 3.80. The van der Waals surface area contributed by atoms with Crippen molar-refractivity contribution in [1.82, 2.24) is 4.90 Å². The zero-order valence-corrected chi connectivity index (χ0v) is 6.95. The Morgan fingerprint density at radius 1 is 1.75 bits per heavy atom. The van der Waals surface area contributed by atoms with Gasteiger partial charge >= 0.3 is 5.97 Å². The van der Waals surface area contributed by atoms with E-state index >= 15 is 0 Å². The van der Waals surface area contributed by atoms with Gasteiger partial charge in [0.15, 0.2) is 0 Å². The van der Waals surface area contributed by atoms with Crippen LogP contribution in [0.15, 0.2) is 12.7 Å². The second kappa shape index (κ2) is 3.38. The number of hydrogen-bond donors (Lipinski definition) is 0. The fourth-order valence-electron chi connectivity index (χ4n) is 0.940. The first kappa shape index (κ1) is 8.77. The van der Waals surface area contributed by atoms with Gasteiger partial charge in [-0.1, -0.05) is 6.58 Å². The van der Waals surface area contributed by atoms with Crippen molar-refractivity contribution >= 4 is 11.9 Å². The van der Waals surface area contributed by atoms with Crippen molar-refractivity contribution in [2.75, 3.05) is 13.2 Å². The number of carbonyl (C=O) groups excluding carboxylic acids is 2. The zero-order chi connectivity index (χ0) is 9.14. The van der Waals surface area contributed by atoms with Crippen LogP contribution in [0.3, 0.4) is 0 Å². The maximum atomic E-state index is 11.0. The third kappa shape index (κ3) is 1.64. The predicted octanol–water partition coefficient (Wildman–Crippen LogP) is -0.0537. The van der Waals surface area contributed by atoms with Gasteiger partial charge in [-0.25, -0.2) is 4.79 Å². The van der Waals surface area contributed by atoms with Gasteiger partial charge in [0.2, 0.25) is 5.91 Å². The molecular formula is C8H11NO3. The SMILES string of the molecule is C=CC(=O)N1CC1C(=O)OCC. The Morgan fingerprint density at radius 2 is 2.42 bits per heavy atom. The Kier molecular flexibility index (Phi) is 2.47. The Balaban J connectivity index is 2.37. The Bertz CT molecular complexity index is 224. The molecule has 1 fully saturated rings. The first-order valence-corrected chi connectivity index (χ1v) is 3.80. The quantitative estimate of drug-likeness (QED) is 0.338. The van der Waals surface area contributed by atoms with Gasteiger partial charge in [0, 0.05) is 0 Å². The fourth-order valence-corrected chi connectivity index (χ4v) is 0.940. The molecule has 12 heavy (non-hydrogen) atoms. The van der Waals surface area contributed by atoms with E-state index in [9.17, 15) is 9.59 Å². The summed E-state index contributed by atoms with van der Waals surface area (Å²) in [6.45, 7) is 5.87. The maximum absolute atomic E-state index is 11.0. The molecule has 1 unspecified atom stereocenters. The Labute approximate surface area is 70.8 Å². The number of amides is 1. The smallest absolute Gasteiger partial charge is 0.330 e. The number of nitrogens with zero attached hydrogens (tertiary/aromatic N) is 1. The van der Waals surface area contributed by atoms with E-state index in [1.165, 1.54) is 11.0 Å². The van der Waals surface area contributed by atoms with E-state index in [2.05, 4.69) is 6.58 Å². The highest BCUT2D eigenvalue weighted by molar-refractivity contribution is 5.95. The first-order chi connectivity index (χ1) is 5.70. The van der Waals surface area contributed by atoms with Crippen LogP contribution in [0.4, 0.5) is 0 Å². The van der Waals surface area contributed by atoms with E-state index < -0.39 is 0 Å². The summed E-state index contributed by atoms with van der Waals surface area (Å²) in [4.78, 5) is 23.3. The molecule has 0 aromatic carbocycles. The summed E-state index contributed by atoms with van der Waals surface area (Å²) < 4.78 is 4.72. The molecule has 1 saturated heterocycles. The molecule has 1 aliphatic heterocycles. The summed E-state index contributed by atoms with van der Waals surface area (Å²) in [5.74, 6) is -0.541. The van der Waals surface area contributed by atoms with Gasteiger partial charge in [-0.15, -0.1) is 0 Å². The van der Waals surface area contributed by atoms with Crippen molar-refractivity contribution in [2.45, 2.75) is 13.0 Å². The van der Waals surface area contributed by atoms with Crippen LogP contribution in [0.5, 0.6) is 0 Å². The highest BCUT2D eigenvalue weighted by atomic mass is 16.5. The molecule has 1 amide bonds. The van der Waals surface area contributed by atoms with Gasteiger partial charge in [-0.3, -0.25) is 4.79 Å². The van der Waals surface area contributed by atoms with Crippen molar-refractivity contribution in [3.8, 4) is 0 Å². The largest absolute Gasteiger partial charge is 0.464 e. The van der Waals surface area contributed by atoms with Crippen LogP contribution < -0.4 is 0 Å². The van der Waals surface area contributed by atoms with Crippen molar-refractivity contribution in [3.05, 3.63) is 12.7 Å². The minimum atomic E-state index is -0.365. The van der Waals surface area contributed by atoms with Gasteiger partial charge in [0.05, 0.1) is 13.2 Å². The monoisotopic (exact) mass is 169 g/mol. The molecule has 0 N–H and O–H groups in total. The van der Waals surface area contributed by atoms with E-state index in [0.717, 1.165) is 0 Å². The summed E-state index contributed by atoms with van der Waals surface area (Å²) in [5.41, 5.74) is 0. The molecule has 1 aliphatic rings. The number of carbonyl (C=O) groups is 2. The lowest BCUT2D eigenvalue weighted by atomic mass is 10.5. The number of ether oxygens (including phenoxy) is 1. The second-order valence-electron chi connectivity index (χ2n) is 2.46. The number of hydrogen-bond acceptors (Lipinski definition) is 3. The minimum Gasteiger partial charge on any atom is -0.464 e. The number of esters is 1. The molecule has 0 aromatic heterocycles. The molecule has 0 spiro atoms. The maximum Gasteiger partial charge on any atom is 0.330 e. The lowest BCUT2D eigenvalue weighted by molar-refractivity contribution is -0.144. The van der Waals surface area contributed by atoms with Crippen molar-refractivity contribution in [2.24, 2.45) is 0 Å². The van der Waals surface area contributed by atoms with E-state index in [4.69, 9.17) is 4.74 Å². The molecule has 1 rings (SSSR count). The summed E-state index contributed by atoms with van der Waals surface area (Å²) >= 11 is 0. The minimum absolute atomic E-state index is 0.215. The molecule has 1 heterocycles. The van der Waals surface area contributed by atoms with E-state index in [1.807, 2.05) is 0 Å². The molecule has 4 heteroatoms. The van der Waals surface area contributed by atoms with Crippen LogP contribution in [0, 0.1) is 0 Å². The Morgan fingerprint density at radius 3 is 2.92 bits per heavy atom. The van der Waals surface area contributed by atoms with Crippen molar-refractivity contribution in [1.29, 1.82) is 0 Å². The van der Waals surface area contributed by atoms with Crippen molar-refractivity contribution < 1.29 is 14.3 Å². The molecule has 0 aliphatic carbocycles. The third-order valence-electron chi connectivity index (χ3n) is 1.63. The summed E-state index contributed by atoms with van der Waals surface area (Å²) in [7, 11) is 0. The molecule has 0 saturated carbocycles. The summed E-state index contributed by atoms with van der Waals surface area (Å²) in [6, 6.07) is -0.365. The molecular weight excluding hydrogens is 158 g/mol. The summed E-state index contributed by atoms with van der Waals surface area (Å²) in [5, 5.41) is 0. The molecule has 66 valence electrons. The van der Waals surface area contributed by atoms with Crippen LogP contribution in [-0.4, -0.2) is 36.0 Å². The standard InChI is InChI=1S/C8H11NO3/c1-3-7(10)9-5-6(9)8(11)12-4-2/h3,6H,1,4-5H2,2H3. The lowest BCUT2D eigenvalue weighted by Gasteiger charge is -1.99. The van der Waals surface area contributed by atoms with Gasteiger partial charge < -0.3 is 9.64 Å². The van der Waals surface area contributed by atoms with Crippen LogP contribution in [0.25, 0.3) is 0 Å². The second-order valence-corrected chi connectivity index (χ2v) is 2.46. The molecule has 0 radical (unpaired) electrons. The van der Waals surface area contributed by atoms with Gasteiger partial charge in [-0.2, -0.15) is 0 Å². The van der Waals surface area contributed by atoms with Gasteiger partial charge in [0.1, 0.15) is 6.04 Å². The molecule has 1 atom stereocenters. The predicted molar refractivity (Wildman–Crippen MR) is 42.3 cm³/mol. The molecule has 4 nitrogen and oxygen atoms in total. The zero-order valence-electron chi connectivity index (χ0n) is 6.95. The average molecular weight is 169 g/mol. The highest BCUT2D eigenvalue weighted by Gasteiger charge is 2.44.